The molecular weight excluding hydrogens is 411 g/mol. The average molecular weight is 427 g/mol. The third-order valence-electron chi connectivity index (χ3n) is 3.73. The lowest BCUT2D eigenvalue weighted by molar-refractivity contribution is 0.585. The van der Waals surface area contributed by atoms with Crippen molar-refractivity contribution in [2.24, 2.45) is 0 Å². The van der Waals surface area contributed by atoms with Crippen LogP contribution in [-0.2, 0) is 15.8 Å². The van der Waals surface area contributed by atoms with E-state index in [1.54, 1.807) is 54.4 Å². The highest BCUT2D eigenvalue weighted by Crippen LogP contribution is 2.28. The van der Waals surface area contributed by atoms with E-state index in [1.807, 2.05) is 12.1 Å². The van der Waals surface area contributed by atoms with E-state index in [1.165, 1.54) is 0 Å². The number of benzene rings is 2. The molecule has 2 aromatic carbocycles. The molecule has 1 N–H and O–H groups in total. The summed E-state index contributed by atoms with van der Waals surface area (Å²) in [5, 5.41) is 2.03. The smallest absolute Gasteiger partial charge is 0.242 e. The molecule has 0 aliphatic rings. The van der Waals surface area contributed by atoms with E-state index in [4.69, 9.17) is 23.2 Å². The van der Waals surface area contributed by atoms with Gasteiger partial charge in [-0.15, -0.1) is 0 Å². The molecule has 0 saturated heterocycles. The quantitative estimate of drug-likeness (QED) is 0.553. The van der Waals surface area contributed by atoms with Gasteiger partial charge in [0.05, 0.1) is 5.52 Å². The molecule has 0 aliphatic carbocycles. The van der Waals surface area contributed by atoms with Crippen LogP contribution in [0, 0.1) is 0 Å². The van der Waals surface area contributed by atoms with E-state index >= 15 is 0 Å². The molecule has 0 aliphatic heterocycles. The number of rotatable bonds is 7. The maximum absolute atomic E-state index is 12.6. The minimum Gasteiger partial charge on any atom is -0.255 e. The maximum atomic E-state index is 12.6. The molecule has 26 heavy (non-hydrogen) atoms. The van der Waals surface area contributed by atoms with Gasteiger partial charge in [-0.2, -0.15) is 11.8 Å². The first-order valence-electron chi connectivity index (χ1n) is 7.83. The summed E-state index contributed by atoms with van der Waals surface area (Å²) in [7, 11) is -3.63. The Bertz CT molecular complexity index is 1000. The second kappa shape index (κ2) is 8.59. The molecule has 0 radical (unpaired) electrons. The summed E-state index contributed by atoms with van der Waals surface area (Å²) in [6, 6.07) is 14.1. The maximum Gasteiger partial charge on any atom is 0.242 e. The normalized spacial score (nSPS) is 11.8. The molecule has 1 aromatic heterocycles. The minimum atomic E-state index is -3.63. The molecule has 0 unspecified atom stereocenters. The first-order valence-corrected chi connectivity index (χ1v) is 11.2. The molecule has 0 fully saturated rings. The number of nitrogens with one attached hydrogen (secondary N) is 1. The number of hydrogen-bond acceptors (Lipinski definition) is 4. The Kier molecular flexibility index (Phi) is 6.42. The van der Waals surface area contributed by atoms with Gasteiger partial charge >= 0.3 is 0 Å². The van der Waals surface area contributed by atoms with E-state index in [0.29, 0.717) is 33.6 Å². The van der Waals surface area contributed by atoms with Gasteiger partial charge in [-0.3, -0.25) is 4.98 Å². The summed E-state index contributed by atoms with van der Waals surface area (Å²) in [5.41, 5.74) is 1.33. The van der Waals surface area contributed by atoms with Crippen molar-refractivity contribution in [1.82, 2.24) is 9.71 Å². The van der Waals surface area contributed by atoms with Crippen molar-refractivity contribution in [3.05, 3.63) is 70.3 Å². The Labute approximate surface area is 167 Å². The minimum absolute atomic E-state index is 0.190. The Hall–Kier alpha value is -1.31. The zero-order valence-electron chi connectivity index (χ0n) is 13.7. The number of pyridine rings is 1. The fourth-order valence-electron chi connectivity index (χ4n) is 2.46. The van der Waals surface area contributed by atoms with Crippen LogP contribution >= 0.6 is 35.0 Å². The van der Waals surface area contributed by atoms with Crippen LogP contribution in [0.3, 0.4) is 0 Å². The van der Waals surface area contributed by atoms with Gasteiger partial charge in [0.2, 0.25) is 10.0 Å². The number of nitrogens with zero attached hydrogens (tertiary/aromatic N) is 1. The zero-order chi connectivity index (χ0) is 18.6. The molecule has 136 valence electrons. The van der Waals surface area contributed by atoms with E-state index in [9.17, 15) is 8.42 Å². The van der Waals surface area contributed by atoms with Crippen molar-refractivity contribution in [3.8, 4) is 0 Å². The van der Waals surface area contributed by atoms with E-state index < -0.39 is 10.0 Å². The van der Waals surface area contributed by atoms with Gasteiger partial charge in [0.25, 0.3) is 0 Å². The summed E-state index contributed by atoms with van der Waals surface area (Å²) in [4.78, 5) is 4.39. The molecule has 8 heteroatoms. The number of hydrogen-bond donors (Lipinski definition) is 1. The summed E-state index contributed by atoms with van der Waals surface area (Å²) < 4.78 is 27.8. The summed E-state index contributed by atoms with van der Waals surface area (Å²) >= 11 is 13.8. The van der Waals surface area contributed by atoms with E-state index in [2.05, 4.69) is 9.71 Å². The molecule has 1 heterocycles. The van der Waals surface area contributed by atoms with Gasteiger partial charge in [-0.05, 0) is 29.8 Å². The third-order valence-corrected chi connectivity index (χ3v) is 6.92. The van der Waals surface area contributed by atoms with E-state index in [-0.39, 0.29) is 4.90 Å². The van der Waals surface area contributed by atoms with Gasteiger partial charge < -0.3 is 0 Å². The van der Waals surface area contributed by atoms with Gasteiger partial charge in [0.1, 0.15) is 4.90 Å². The highest BCUT2D eigenvalue weighted by atomic mass is 35.5. The Morgan fingerprint density at radius 2 is 1.69 bits per heavy atom. The molecule has 0 spiro atoms. The highest BCUT2D eigenvalue weighted by molar-refractivity contribution is 7.98. The predicted octanol–water partition coefficient (Wildman–Crippen LogP) is 4.75. The monoisotopic (exact) mass is 426 g/mol. The van der Waals surface area contributed by atoms with Crippen molar-refractivity contribution in [3.63, 3.8) is 0 Å². The first-order chi connectivity index (χ1) is 12.5. The number of sulfonamides is 1. The molecular formula is C18H16Cl2N2O2S2. The van der Waals surface area contributed by atoms with Crippen molar-refractivity contribution < 1.29 is 8.42 Å². The number of thioether (sulfide) groups is 1. The van der Waals surface area contributed by atoms with Crippen LogP contribution < -0.4 is 4.72 Å². The Morgan fingerprint density at radius 1 is 1.00 bits per heavy atom. The van der Waals surface area contributed by atoms with E-state index in [0.717, 1.165) is 10.9 Å². The number of halogens is 2. The second-order valence-corrected chi connectivity index (χ2v) is 9.14. The Morgan fingerprint density at radius 3 is 2.46 bits per heavy atom. The topological polar surface area (TPSA) is 59.1 Å². The van der Waals surface area contributed by atoms with Gasteiger partial charge in [0.15, 0.2) is 0 Å². The Balaban J connectivity index is 1.60. The number of para-hydroxylation sites is 1. The van der Waals surface area contributed by atoms with Gasteiger partial charge in [-0.1, -0.05) is 47.5 Å². The van der Waals surface area contributed by atoms with Crippen molar-refractivity contribution >= 4 is 55.9 Å². The highest BCUT2D eigenvalue weighted by Gasteiger charge is 2.17. The standard InChI is InChI=1S/C18H16Cl2N2O2S2/c19-15-6-2-7-16(20)14(15)12-25-11-10-22-26(23,24)17-8-1-4-13-5-3-9-21-18(13)17/h1-9,22H,10-12H2. The van der Waals surface area contributed by atoms with Gasteiger partial charge in [-0.25, -0.2) is 13.1 Å². The lowest BCUT2D eigenvalue weighted by Gasteiger charge is -2.09. The van der Waals surface area contributed by atoms with Gasteiger partial charge in [0, 0.05) is 39.7 Å². The van der Waals surface area contributed by atoms with Crippen LogP contribution in [0.1, 0.15) is 5.56 Å². The second-order valence-electron chi connectivity index (χ2n) is 5.48. The lowest BCUT2D eigenvalue weighted by Crippen LogP contribution is -2.26. The van der Waals surface area contributed by atoms with Crippen molar-refractivity contribution in [2.45, 2.75) is 10.6 Å². The van der Waals surface area contributed by atoms with Crippen molar-refractivity contribution in [2.75, 3.05) is 12.3 Å². The third kappa shape index (κ3) is 4.50. The average Bonchev–Trinajstić information content (AvgIpc) is 2.63. The van der Waals surface area contributed by atoms with Crippen LogP contribution in [0.5, 0.6) is 0 Å². The van der Waals surface area contributed by atoms with Crippen LogP contribution in [-0.4, -0.2) is 25.7 Å². The summed E-state index contributed by atoms with van der Waals surface area (Å²) in [5.74, 6) is 1.22. The summed E-state index contributed by atoms with van der Waals surface area (Å²) in [6.07, 6.45) is 1.59. The zero-order valence-corrected chi connectivity index (χ0v) is 16.8. The molecule has 3 aromatic rings. The number of aromatic nitrogens is 1. The molecule has 0 amide bonds. The fraction of sp³-hybridized carbons (Fsp3) is 0.167. The first kappa shape index (κ1) is 19.5. The largest absolute Gasteiger partial charge is 0.255 e. The predicted molar refractivity (Wildman–Crippen MR) is 110 cm³/mol. The molecule has 4 nitrogen and oxygen atoms in total. The fourth-order valence-corrected chi connectivity index (χ4v) is 5.40. The SMILES string of the molecule is O=S(=O)(NCCSCc1c(Cl)cccc1Cl)c1cccc2cccnc12. The number of fused-ring (bicyclic) bond motifs is 1. The molecule has 3 rings (SSSR count). The molecule has 0 bridgehead atoms. The lowest BCUT2D eigenvalue weighted by atomic mass is 10.2. The van der Waals surface area contributed by atoms with Crippen LogP contribution in [0.2, 0.25) is 10.0 Å². The van der Waals surface area contributed by atoms with Crippen LogP contribution in [0.4, 0.5) is 0 Å². The van der Waals surface area contributed by atoms with Crippen LogP contribution in [0.15, 0.2) is 59.6 Å². The van der Waals surface area contributed by atoms with Crippen molar-refractivity contribution in [1.29, 1.82) is 0 Å². The molecule has 0 saturated carbocycles. The summed E-state index contributed by atoms with van der Waals surface area (Å²) in [6.45, 7) is 0.304. The van der Waals surface area contributed by atoms with Crippen LogP contribution in [0.25, 0.3) is 10.9 Å². The molecule has 0 atom stereocenters.